The van der Waals surface area contributed by atoms with Crippen LogP contribution in [0.5, 0.6) is 5.75 Å². The number of hydrogen-bond acceptors (Lipinski definition) is 3. The number of nitrogens with zero attached hydrogens (tertiary/aromatic N) is 1. The number of rotatable bonds is 9. The van der Waals surface area contributed by atoms with Crippen LogP contribution < -0.4 is 4.74 Å². The fraction of sp³-hybridized carbons (Fsp3) is 0.240. The molecule has 0 aliphatic rings. The summed E-state index contributed by atoms with van der Waals surface area (Å²) in [7, 11) is 0. The smallest absolute Gasteiger partial charge is 0.119 e. The minimum Gasteiger partial charge on any atom is -0.490 e. The van der Waals surface area contributed by atoms with Crippen molar-refractivity contribution < 1.29 is 9.84 Å². The van der Waals surface area contributed by atoms with Crippen molar-refractivity contribution in [3.63, 3.8) is 0 Å². The van der Waals surface area contributed by atoms with E-state index >= 15 is 0 Å². The summed E-state index contributed by atoms with van der Waals surface area (Å²) in [5.41, 5.74) is 4.16. The summed E-state index contributed by atoms with van der Waals surface area (Å²) >= 11 is 0. The Morgan fingerprint density at radius 2 is 1.93 bits per heavy atom. The maximum Gasteiger partial charge on any atom is 0.119 e. The summed E-state index contributed by atoms with van der Waals surface area (Å²) in [5.74, 6) is 0.828. The summed E-state index contributed by atoms with van der Waals surface area (Å²) in [6.07, 6.45) is 8.65. The van der Waals surface area contributed by atoms with Crippen LogP contribution >= 0.6 is 0 Å². The number of pyridine rings is 1. The van der Waals surface area contributed by atoms with Gasteiger partial charge in [-0.3, -0.25) is 0 Å². The van der Waals surface area contributed by atoms with E-state index < -0.39 is 0 Å². The number of aliphatic hydroxyl groups excluding tert-OH is 1. The molecule has 0 bridgehead atoms. The van der Waals surface area contributed by atoms with Gasteiger partial charge in [0, 0.05) is 10.9 Å². The lowest BCUT2D eigenvalue weighted by molar-refractivity contribution is 0.182. The molecular weight excluding hydrogens is 346 g/mol. The average Bonchev–Trinajstić information content (AvgIpc) is 2.71. The van der Waals surface area contributed by atoms with Crippen molar-refractivity contribution in [2.75, 3.05) is 6.61 Å². The van der Waals surface area contributed by atoms with Crippen molar-refractivity contribution >= 4 is 17.0 Å². The monoisotopic (exact) mass is 373 g/mol. The van der Waals surface area contributed by atoms with Gasteiger partial charge in [-0.1, -0.05) is 36.9 Å². The lowest BCUT2D eigenvalue weighted by Gasteiger charge is -2.06. The van der Waals surface area contributed by atoms with Crippen molar-refractivity contribution in [3.05, 3.63) is 78.9 Å². The zero-order valence-corrected chi connectivity index (χ0v) is 16.3. The Kier molecular flexibility index (Phi) is 6.99. The van der Waals surface area contributed by atoms with Crippen LogP contribution in [0.2, 0.25) is 0 Å². The highest BCUT2D eigenvalue weighted by atomic mass is 16.5. The van der Waals surface area contributed by atoms with E-state index in [2.05, 4.69) is 49.1 Å². The maximum atomic E-state index is 9.30. The normalized spacial score (nSPS) is 12.4. The Morgan fingerprint density at radius 3 is 2.68 bits per heavy atom. The second-order valence-electron chi connectivity index (χ2n) is 6.95. The molecule has 0 saturated carbocycles. The van der Waals surface area contributed by atoms with E-state index in [0.717, 1.165) is 47.2 Å². The first-order valence-corrected chi connectivity index (χ1v) is 9.75. The molecule has 1 atom stereocenters. The molecule has 3 aromatic rings. The zero-order valence-electron chi connectivity index (χ0n) is 16.3. The molecule has 0 fully saturated rings. The van der Waals surface area contributed by atoms with Crippen LogP contribution in [0.25, 0.3) is 28.2 Å². The van der Waals surface area contributed by atoms with E-state index in [1.807, 2.05) is 31.2 Å². The van der Waals surface area contributed by atoms with Crippen LogP contribution in [0.1, 0.15) is 31.7 Å². The number of fused-ring (bicyclic) bond motifs is 1. The van der Waals surface area contributed by atoms with Crippen LogP contribution in [0.4, 0.5) is 0 Å². The molecule has 2 aromatic carbocycles. The van der Waals surface area contributed by atoms with Gasteiger partial charge in [-0.25, -0.2) is 4.98 Å². The van der Waals surface area contributed by atoms with Crippen molar-refractivity contribution in [1.29, 1.82) is 0 Å². The molecule has 3 nitrogen and oxygen atoms in total. The third kappa shape index (κ3) is 5.54. The van der Waals surface area contributed by atoms with Gasteiger partial charge in [-0.05, 0) is 74.2 Å². The summed E-state index contributed by atoms with van der Waals surface area (Å²) in [6.45, 7) is 6.00. The summed E-state index contributed by atoms with van der Waals surface area (Å²) in [4.78, 5) is 4.80. The highest BCUT2D eigenvalue weighted by molar-refractivity contribution is 5.83. The SMILES string of the molecule is C=CCOc1ccc(-c2ccc3cc(C=CCCCC(C)O)ccc3n2)cc1. The first-order valence-electron chi connectivity index (χ1n) is 9.75. The van der Waals surface area contributed by atoms with Gasteiger partial charge in [-0.2, -0.15) is 0 Å². The third-order valence-corrected chi connectivity index (χ3v) is 4.53. The molecule has 1 N–H and O–H groups in total. The molecule has 1 unspecified atom stereocenters. The van der Waals surface area contributed by atoms with Gasteiger partial charge in [0.1, 0.15) is 12.4 Å². The number of allylic oxidation sites excluding steroid dienone is 1. The van der Waals surface area contributed by atoms with Gasteiger partial charge in [0.2, 0.25) is 0 Å². The Balaban J connectivity index is 1.70. The number of aromatic nitrogens is 1. The zero-order chi connectivity index (χ0) is 19.8. The van der Waals surface area contributed by atoms with Crippen molar-refractivity contribution in [2.24, 2.45) is 0 Å². The van der Waals surface area contributed by atoms with E-state index in [4.69, 9.17) is 9.72 Å². The highest BCUT2D eigenvalue weighted by Gasteiger charge is 2.03. The maximum absolute atomic E-state index is 9.30. The average molecular weight is 373 g/mol. The standard InChI is InChI=1S/C25H27NO2/c1-3-17-28-23-13-10-21(11-14-23)24-16-12-22-18-20(9-15-25(22)26-24)8-6-4-5-7-19(2)27/h3,6,8-16,18-19,27H,1,4-5,7,17H2,2H3. The minimum absolute atomic E-state index is 0.217. The summed E-state index contributed by atoms with van der Waals surface area (Å²) in [6, 6.07) is 18.4. The first kappa shape index (κ1) is 19.8. The van der Waals surface area contributed by atoms with E-state index in [-0.39, 0.29) is 6.10 Å². The van der Waals surface area contributed by atoms with E-state index in [9.17, 15) is 5.11 Å². The molecule has 3 heteroatoms. The minimum atomic E-state index is -0.217. The van der Waals surface area contributed by atoms with Crippen molar-refractivity contribution in [2.45, 2.75) is 32.3 Å². The molecule has 1 aromatic heterocycles. The quantitative estimate of drug-likeness (QED) is 0.368. The molecule has 144 valence electrons. The van der Waals surface area contributed by atoms with Gasteiger partial charge in [0.05, 0.1) is 17.3 Å². The predicted octanol–water partition coefficient (Wildman–Crippen LogP) is 6.03. The molecule has 0 aliphatic heterocycles. The third-order valence-electron chi connectivity index (χ3n) is 4.53. The second kappa shape index (κ2) is 9.86. The molecule has 0 amide bonds. The van der Waals surface area contributed by atoms with Crippen LogP contribution in [0.3, 0.4) is 0 Å². The van der Waals surface area contributed by atoms with Gasteiger partial charge in [0.25, 0.3) is 0 Å². The van der Waals surface area contributed by atoms with Gasteiger partial charge in [-0.15, -0.1) is 0 Å². The first-order chi connectivity index (χ1) is 13.7. The largest absolute Gasteiger partial charge is 0.490 e. The molecule has 0 spiro atoms. The van der Waals surface area contributed by atoms with Crippen LogP contribution in [0.15, 0.2) is 73.3 Å². The van der Waals surface area contributed by atoms with Crippen LogP contribution in [0, 0.1) is 0 Å². The van der Waals surface area contributed by atoms with E-state index in [1.165, 1.54) is 5.56 Å². The number of aliphatic hydroxyl groups is 1. The summed E-state index contributed by atoms with van der Waals surface area (Å²) < 4.78 is 5.53. The number of benzene rings is 2. The Bertz CT molecular complexity index is 942. The fourth-order valence-corrected chi connectivity index (χ4v) is 3.04. The summed E-state index contributed by atoms with van der Waals surface area (Å²) in [5, 5.41) is 10.4. The van der Waals surface area contributed by atoms with E-state index in [1.54, 1.807) is 6.08 Å². The van der Waals surface area contributed by atoms with Crippen LogP contribution in [-0.2, 0) is 0 Å². The Labute approximate surface area is 167 Å². The molecule has 0 saturated heterocycles. The second-order valence-corrected chi connectivity index (χ2v) is 6.95. The van der Waals surface area contributed by atoms with Crippen LogP contribution in [-0.4, -0.2) is 22.8 Å². The topological polar surface area (TPSA) is 42.4 Å². The van der Waals surface area contributed by atoms with E-state index in [0.29, 0.717) is 6.61 Å². The molecule has 3 rings (SSSR count). The van der Waals surface area contributed by atoms with Crippen molar-refractivity contribution in [1.82, 2.24) is 4.98 Å². The van der Waals surface area contributed by atoms with Gasteiger partial charge in [0.15, 0.2) is 0 Å². The highest BCUT2D eigenvalue weighted by Crippen LogP contribution is 2.24. The Hall–Kier alpha value is -2.91. The van der Waals surface area contributed by atoms with Crippen molar-refractivity contribution in [3.8, 4) is 17.0 Å². The lowest BCUT2D eigenvalue weighted by Crippen LogP contribution is -1.97. The number of unbranched alkanes of at least 4 members (excludes halogenated alkanes) is 1. The van der Waals surface area contributed by atoms with Gasteiger partial charge < -0.3 is 9.84 Å². The molecular formula is C25H27NO2. The number of hydrogen-bond donors (Lipinski definition) is 1. The molecule has 0 aliphatic carbocycles. The fourth-order valence-electron chi connectivity index (χ4n) is 3.04. The Morgan fingerprint density at radius 1 is 1.11 bits per heavy atom. The molecule has 28 heavy (non-hydrogen) atoms. The number of ether oxygens (including phenoxy) is 1. The predicted molar refractivity (Wildman–Crippen MR) is 117 cm³/mol. The molecule has 0 radical (unpaired) electrons. The molecule has 1 heterocycles. The van der Waals surface area contributed by atoms with Gasteiger partial charge >= 0.3 is 0 Å². The lowest BCUT2D eigenvalue weighted by atomic mass is 10.1.